The summed E-state index contributed by atoms with van der Waals surface area (Å²) in [5, 5.41) is 31.0. The summed E-state index contributed by atoms with van der Waals surface area (Å²) in [5.74, 6) is 1.92. The lowest BCUT2D eigenvalue weighted by Gasteiger charge is -2.45. The molecule has 0 aromatic carbocycles. The molecule has 0 radical (unpaired) electrons. The number of hydrogen-bond acceptors (Lipinski definition) is 3. The Balaban J connectivity index is 1.78. The van der Waals surface area contributed by atoms with E-state index in [0.717, 1.165) is 29.9 Å². The average molecular weight is 445 g/mol. The van der Waals surface area contributed by atoms with E-state index in [1.54, 1.807) is 5.57 Å². The Bertz CT molecular complexity index is 755. The van der Waals surface area contributed by atoms with Crippen molar-refractivity contribution in [2.24, 2.45) is 29.1 Å². The van der Waals surface area contributed by atoms with E-state index in [4.69, 9.17) is 0 Å². The minimum atomic E-state index is -0.653. The zero-order chi connectivity index (χ0) is 23.8. The number of fused-ring (bicyclic) bond motifs is 1. The van der Waals surface area contributed by atoms with Gasteiger partial charge in [0.05, 0.1) is 17.8 Å². The summed E-state index contributed by atoms with van der Waals surface area (Å²) in [6.45, 7) is 17.1. The molecule has 3 fully saturated rings. The highest BCUT2D eigenvalue weighted by atomic mass is 16.3. The number of allylic oxidation sites excluding steroid dienone is 3. The first-order valence-corrected chi connectivity index (χ1v) is 13.0. The molecule has 3 saturated carbocycles. The third-order valence-corrected chi connectivity index (χ3v) is 9.33. The predicted molar refractivity (Wildman–Crippen MR) is 133 cm³/mol. The molecule has 3 N–H and O–H groups in total. The molecule has 3 heteroatoms. The van der Waals surface area contributed by atoms with Crippen LogP contribution in [0.5, 0.6) is 0 Å². The van der Waals surface area contributed by atoms with Crippen molar-refractivity contribution in [2.75, 3.05) is 0 Å². The van der Waals surface area contributed by atoms with Crippen LogP contribution in [0.3, 0.4) is 0 Å². The van der Waals surface area contributed by atoms with Gasteiger partial charge in [-0.3, -0.25) is 0 Å². The van der Waals surface area contributed by atoms with Gasteiger partial charge in [0, 0.05) is 5.92 Å². The maximum absolute atomic E-state index is 10.5. The zero-order valence-electron chi connectivity index (χ0n) is 21.5. The van der Waals surface area contributed by atoms with Gasteiger partial charge < -0.3 is 15.3 Å². The molecule has 2 unspecified atom stereocenters. The van der Waals surface area contributed by atoms with E-state index in [1.807, 2.05) is 20.8 Å². The highest BCUT2D eigenvalue weighted by Gasteiger charge is 2.50. The van der Waals surface area contributed by atoms with Crippen molar-refractivity contribution in [3.8, 4) is 0 Å². The van der Waals surface area contributed by atoms with Gasteiger partial charge in [0.1, 0.15) is 0 Å². The molecule has 0 spiro atoms. The Kier molecular flexibility index (Phi) is 7.85. The van der Waals surface area contributed by atoms with Crippen LogP contribution >= 0.6 is 0 Å². The molecule has 182 valence electrons. The number of rotatable bonds is 6. The van der Waals surface area contributed by atoms with Crippen molar-refractivity contribution >= 4 is 0 Å². The van der Waals surface area contributed by atoms with Gasteiger partial charge in [0.2, 0.25) is 0 Å². The first kappa shape index (κ1) is 25.7. The minimum Gasteiger partial charge on any atom is -0.392 e. The molecule has 3 aliphatic rings. The van der Waals surface area contributed by atoms with Gasteiger partial charge in [0.25, 0.3) is 0 Å². The maximum atomic E-state index is 10.5. The standard InChI is InChI=1S/C29H48O3/c1-18(10-8-14-28(5,6)32)24-12-13-25-23(11-9-15-29(24,25)7)19(2)16-22-17-26(30)21(4)27(31)20(22)3/h16,18,21,24-27,30-32H,3,8-15,17H2,1-2,4-7H3/t18-,21?,24-,25?,26-,27-,29-/m1/s1. The molecule has 0 bridgehead atoms. The molecule has 0 aliphatic heterocycles. The minimum absolute atomic E-state index is 0.154. The van der Waals surface area contributed by atoms with Crippen LogP contribution in [0, 0.1) is 29.1 Å². The van der Waals surface area contributed by atoms with E-state index >= 15 is 0 Å². The van der Waals surface area contributed by atoms with Crippen molar-refractivity contribution in [1.82, 2.24) is 0 Å². The second-order valence-corrected chi connectivity index (χ2v) is 12.3. The van der Waals surface area contributed by atoms with E-state index in [-0.39, 0.29) is 5.92 Å². The second-order valence-electron chi connectivity index (χ2n) is 12.3. The highest BCUT2D eigenvalue weighted by molar-refractivity contribution is 5.42. The van der Waals surface area contributed by atoms with Crippen molar-refractivity contribution in [3.05, 3.63) is 34.9 Å². The van der Waals surface area contributed by atoms with Gasteiger partial charge in [-0.05, 0) is 100 Å². The van der Waals surface area contributed by atoms with Crippen LogP contribution < -0.4 is 0 Å². The molecule has 3 aliphatic carbocycles. The molecule has 0 aromatic rings. The zero-order valence-corrected chi connectivity index (χ0v) is 21.5. The molecule has 3 rings (SSSR count). The normalized spacial score (nSPS) is 39.8. The summed E-state index contributed by atoms with van der Waals surface area (Å²) < 4.78 is 0. The van der Waals surface area contributed by atoms with E-state index in [1.165, 1.54) is 44.1 Å². The van der Waals surface area contributed by atoms with Gasteiger partial charge in [-0.1, -0.05) is 57.4 Å². The van der Waals surface area contributed by atoms with Crippen LogP contribution in [0.2, 0.25) is 0 Å². The lowest BCUT2D eigenvalue weighted by atomic mass is 9.60. The molecule has 0 aromatic heterocycles. The SMILES string of the molecule is C=C1C(=CC(C)=C2CCC[C@@]3(C)C2CC[C@@H]3[C@H](C)CCCC(C)(C)O)C[C@@H](O)C(C)[C@@H]1O. The number of hydrogen-bond donors (Lipinski definition) is 3. The third kappa shape index (κ3) is 5.26. The Morgan fingerprint density at radius 2 is 1.97 bits per heavy atom. The van der Waals surface area contributed by atoms with Crippen LogP contribution in [-0.2, 0) is 0 Å². The summed E-state index contributed by atoms with van der Waals surface area (Å²) in [6, 6.07) is 0. The molecule has 7 atom stereocenters. The summed E-state index contributed by atoms with van der Waals surface area (Å²) in [6.07, 6.45) is 11.1. The molecular weight excluding hydrogens is 396 g/mol. The van der Waals surface area contributed by atoms with Crippen molar-refractivity contribution in [2.45, 2.75) is 117 Å². The molecule has 0 saturated heterocycles. The van der Waals surface area contributed by atoms with Crippen LogP contribution in [0.4, 0.5) is 0 Å². The van der Waals surface area contributed by atoms with Crippen molar-refractivity contribution in [3.63, 3.8) is 0 Å². The maximum Gasteiger partial charge on any atom is 0.0837 e. The van der Waals surface area contributed by atoms with E-state index < -0.39 is 17.8 Å². The van der Waals surface area contributed by atoms with Crippen molar-refractivity contribution < 1.29 is 15.3 Å². The first-order chi connectivity index (χ1) is 14.8. The van der Waals surface area contributed by atoms with E-state index in [2.05, 4.69) is 33.4 Å². The van der Waals surface area contributed by atoms with Gasteiger partial charge >= 0.3 is 0 Å². The van der Waals surface area contributed by atoms with Crippen LogP contribution in [-0.4, -0.2) is 33.1 Å². The van der Waals surface area contributed by atoms with Crippen LogP contribution in [0.1, 0.15) is 99.3 Å². The molecule has 3 nitrogen and oxygen atoms in total. The van der Waals surface area contributed by atoms with Crippen molar-refractivity contribution in [1.29, 1.82) is 0 Å². The third-order valence-electron chi connectivity index (χ3n) is 9.33. The summed E-state index contributed by atoms with van der Waals surface area (Å²) in [4.78, 5) is 0. The molecule has 0 heterocycles. The summed E-state index contributed by atoms with van der Waals surface area (Å²) >= 11 is 0. The van der Waals surface area contributed by atoms with Gasteiger partial charge in [-0.15, -0.1) is 0 Å². The molecule has 32 heavy (non-hydrogen) atoms. The summed E-state index contributed by atoms with van der Waals surface area (Å²) in [5.41, 5.74) is 4.55. The van der Waals surface area contributed by atoms with Crippen LogP contribution in [0.25, 0.3) is 0 Å². The first-order valence-electron chi connectivity index (χ1n) is 13.0. The molecular formula is C29H48O3. The fourth-order valence-corrected chi connectivity index (χ4v) is 7.26. The van der Waals surface area contributed by atoms with Gasteiger partial charge in [0.15, 0.2) is 0 Å². The number of aliphatic hydroxyl groups excluding tert-OH is 2. The van der Waals surface area contributed by atoms with E-state index in [9.17, 15) is 15.3 Å². The lowest BCUT2D eigenvalue weighted by molar-refractivity contribution is 0.0283. The summed E-state index contributed by atoms with van der Waals surface area (Å²) in [7, 11) is 0. The van der Waals surface area contributed by atoms with Gasteiger partial charge in [-0.2, -0.15) is 0 Å². The highest BCUT2D eigenvalue weighted by Crippen LogP contribution is 2.60. The number of aliphatic hydroxyl groups is 3. The molecule has 0 amide bonds. The van der Waals surface area contributed by atoms with Crippen LogP contribution in [0.15, 0.2) is 34.9 Å². The largest absolute Gasteiger partial charge is 0.392 e. The fraction of sp³-hybridized carbons (Fsp3) is 0.793. The smallest absolute Gasteiger partial charge is 0.0837 e. The Morgan fingerprint density at radius 1 is 1.28 bits per heavy atom. The monoisotopic (exact) mass is 444 g/mol. The van der Waals surface area contributed by atoms with E-state index in [0.29, 0.717) is 23.7 Å². The fourth-order valence-electron chi connectivity index (χ4n) is 7.26. The lowest BCUT2D eigenvalue weighted by Crippen LogP contribution is -2.37. The Labute approximate surface area is 196 Å². The Hall–Kier alpha value is -0.900. The average Bonchev–Trinajstić information content (AvgIpc) is 3.06. The predicted octanol–water partition coefficient (Wildman–Crippen LogP) is 6.34. The topological polar surface area (TPSA) is 60.7 Å². The quantitative estimate of drug-likeness (QED) is 0.448. The Morgan fingerprint density at radius 3 is 2.62 bits per heavy atom. The second kappa shape index (κ2) is 9.76. The van der Waals surface area contributed by atoms with Gasteiger partial charge in [-0.25, -0.2) is 0 Å².